The Kier molecular flexibility index (Phi) is 6.23. The van der Waals surface area contributed by atoms with E-state index in [4.69, 9.17) is 11.6 Å². The van der Waals surface area contributed by atoms with Gasteiger partial charge in [-0.3, -0.25) is 9.69 Å². The fraction of sp³-hybridized carbons (Fsp3) is 0.381. The molecule has 0 unspecified atom stereocenters. The van der Waals surface area contributed by atoms with Crippen LogP contribution in [0, 0.1) is 0 Å². The molecule has 6 nitrogen and oxygen atoms in total. The van der Waals surface area contributed by atoms with Crippen LogP contribution in [0.15, 0.2) is 47.4 Å². The number of piperazine rings is 1. The van der Waals surface area contributed by atoms with Gasteiger partial charge in [0.2, 0.25) is 10.0 Å². The van der Waals surface area contributed by atoms with Crippen molar-refractivity contribution in [3.05, 3.63) is 58.6 Å². The second-order valence-corrected chi connectivity index (χ2v) is 10.1. The summed E-state index contributed by atoms with van der Waals surface area (Å²) < 4.78 is 66.0. The first kappa shape index (κ1) is 23.0. The molecule has 1 fully saturated rings. The van der Waals surface area contributed by atoms with E-state index < -0.39 is 22.1 Å². The third kappa shape index (κ3) is 4.50. The molecular formula is C21H21ClF3N3O3S. The standard InChI is InChI=1S/C21H21ClF3N3O3S/c22-18-4-2-1-3-16(18)14-26-9-11-27(12-10-26)32(30,31)17-5-6-19-15(13-17)7-8-28(19)20(29)21(23,24)25/h1-6,13H,7-12,14H2. The molecular weight excluding hydrogens is 467 g/mol. The molecule has 11 heteroatoms. The Hall–Kier alpha value is -2.14. The van der Waals surface area contributed by atoms with Gasteiger partial charge in [-0.25, -0.2) is 8.42 Å². The lowest BCUT2D eigenvalue weighted by atomic mass is 10.2. The molecule has 1 amide bonds. The molecule has 2 aromatic carbocycles. The monoisotopic (exact) mass is 487 g/mol. The number of fused-ring (bicyclic) bond motifs is 1. The van der Waals surface area contributed by atoms with Gasteiger partial charge in [0.05, 0.1) is 4.90 Å². The van der Waals surface area contributed by atoms with Crippen LogP contribution in [-0.4, -0.2) is 62.4 Å². The van der Waals surface area contributed by atoms with Crippen LogP contribution >= 0.6 is 11.6 Å². The first-order chi connectivity index (χ1) is 15.1. The molecule has 0 N–H and O–H groups in total. The summed E-state index contributed by atoms with van der Waals surface area (Å²) in [4.78, 5) is 14.4. The number of alkyl halides is 3. The Morgan fingerprint density at radius 2 is 1.69 bits per heavy atom. The van der Waals surface area contributed by atoms with Gasteiger partial charge in [-0.15, -0.1) is 0 Å². The van der Waals surface area contributed by atoms with Gasteiger partial charge in [0, 0.05) is 50.0 Å². The third-order valence-electron chi connectivity index (χ3n) is 5.75. The molecule has 172 valence electrons. The van der Waals surface area contributed by atoms with E-state index in [9.17, 15) is 26.4 Å². The number of benzene rings is 2. The third-order valence-corrected chi connectivity index (χ3v) is 8.02. The SMILES string of the molecule is O=C(N1CCc2cc(S(=O)(=O)N3CCN(Cc4ccccc4Cl)CC3)ccc21)C(F)(F)F. The molecule has 2 heterocycles. The Morgan fingerprint density at radius 1 is 1.00 bits per heavy atom. The summed E-state index contributed by atoms with van der Waals surface area (Å²) in [6.07, 6.45) is -4.80. The lowest BCUT2D eigenvalue weighted by Gasteiger charge is -2.34. The first-order valence-corrected chi connectivity index (χ1v) is 11.9. The highest BCUT2D eigenvalue weighted by Gasteiger charge is 2.45. The second kappa shape index (κ2) is 8.66. The topological polar surface area (TPSA) is 60.9 Å². The van der Waals surface area contributed by atoms with Crippen molar-refractivity contribution in [3.63, 3.8) is 0 Å². The van der Waals surface area contributed by atoms with Gasteiger partial charge >= 0.3 is 12.1 Å². The summed E-state index contributed by atoms with van der Waals surface area (Å²) in [6, 6.07) is 11.4. The molecule has 2 aromatic rings. The van der Waals surface area contributed by atoms with Gasteiger partial charge in [0.1, 0.15) is 0 Å². The molecule has 0 spiro atoms. The molecule has 0 aromatic heterocycles. The van der Waals surface area contributed by atoms with Crippen molar-refractivity contribution in [2.75, 3.05) is 37.6 Å². The van der Waals surface area contributed by atoms with Crippen molar-refractivity contribution in [1.29, 1.82) is 0 Å². The van der Waals surface area contributed by atoms with Crippen LogP contribution < -0.4 is 4.90 Å². The predicted molar refractivity (Wildman–Crippen MR) is 114 cm³/mol. The minimum absolute atomic E-state index is 0.0251. The van der Waals surface area contributed by atoms with Gasteiger partial charge in [-0.2, -0.15) is 17.5 Å². The van der Waals surface area contributed by atoms with E-state index in [-0.39, 0.29) is 23.5 Å². The van der Waals surface area contributed by atoms with Crippen molar-refractivity contribution >= 4 is 33.2 Å². The first-order valence-electron chi connectivity index (χ1n) is 10.0. The number of carbonyl (C=O) groups is 1. The van der Waals surface area contributed by atoms with Crippen molar-refractivity contribution in [2.45, 2.75) is 24.0 Å². The van der Waals surface area contributed by atoms with Gasteiger partial charge in [0.15, 0.2) is 0 Å². The largest absolute Gasteiger partial charge is 0.471 e. The minimum Gasteiger partial charge on any atom is -0.304 e. The van der Waals surface area contributed by atoms with E-state index in [2.05, 4.69) is 4.90 Å². The fourth-order valence-electron chi connectivity index (χ4n) is 4.05. The maximum absolute atomic E-state index is 13.1. The molecule has 4 rings (SSSR count). The summed E-state index contributed by atoms with van der Waals surface area (Å²) >= 11 is 6.21. The summed E-state index contributed by atoms with van der Waals surface area (Å²) in [7, 11) is -3.80. The van der Waals surface area contributed by atoms with Crippen molar-refractivity contribution in [1.82, 2.24) is 9.21 Å². The Labute approximate surface area is 189 Å². The maximum atomic E-state index is 13.1. The lowest BCUT2D eigenvalue weighted by Crippen LogP contribution is -2.48. The maximum Gasteiger partial charge on any atom is 0.471 e. The molecule has 0 aliphatic carbocycles. The molecule has 0 bridgehead atoms. The van der Waals surface area contributed by atoms with Gasteiger partial charge in [-0.1, -0.05) is 29.8 Å². The molecule has 32 heavy (non-hydrogen) atoms. The van der Waals surface area contributed by atoms with Crippen molar-refractivity contribution in [2.24, 2.45) is 0 Å². The van der Waals surface area contributed by atoms with Crippen LogP contribution in [0.3, 0.4) is 0 Å². The summed E-state index contributed by atoms with van der Waals surface area (Å²) in [5.74, 6) is -1.94. The number of nitrogens with zero attached hydrogens (tertiary/aromatic N) is 3. The number of halogens is 4. The second-order valence-electron chi connectivity index (χ2n) is 7.77. The van der Waals surface area contributed by atoms with E-state index in [1.807, 2.05) is 24.3 Å². The molecule has 0 saturated carbocycles. The number of anilines is 1. The number of hydrogen-bond acceptors (Lipinski definition) is 4. The fourth-order valence-corrected chi connectivity index (χ4v) is 5.72. The number of amides is 1. The van der Waals surface area contributed by atoms with Crippen LogP contribution in [0.2, 0.25) is 5.02 Å². The van der Waals surface area contributed by atoms with Gasteiger partial charge < -0.3 is 4.90 Å². The summed E-state index contributed by atoms with van der Waals surface area (Å²) in [5, 5.41) is 0.666. The van der Waals surface area contributed by atoms with Crippen LogP contribution in [0.25, 0.3) is 0 Å². The molecule has 1 saturated heterocycles. The van der Waals surface area contributed by atoms with E-state index >= 15 is 0 Å². The van der Waals surface area contributed by atoms with Crippen molar-refractivity contribution in [3.8, 4) is 0 Å². The van der Waals surface area contributed by atoms with Gasteiger partial charge in [-0.05, 0) is 41.8 Å². The quantitative estimate of drug-likeness (QED) is 0.664. The number of rotatable bonds is 4. The summed E-state index contributed by atoms with van der Waals surface area (Å²) in [5.41, 5.74) is 1.50. The van der Waals surface area contributed by atoms with E-state index in [1.54, 1.807) is 0 Å². The molecule has 0 atom stereocenters. The normalized spacial score (nSPS) is 18.1. The average Bonchev–Trinajstić information content (AvgIpc) is 3.17. The van der Waals surface area contributed by atoms with Crippen LogP contribution in [0.5, 0.6) is 0 Å². The Bertz CT molecular complexity index is 1130. The van der Waals surface area contributed by atoms with Crippen LogP contribution in [0.4, 0.5) is 18.9 Å². The van der Waals surface area contributed by atoms with E-state index in [1.165, 1.54) is 22.5 Å². The Balaban J connectivity index is 1.45. The number of sulfonamides is 1. The minimum atomic E-state index is -4.98. The highest BCUT2D eigenvalue weighted by molar-refractivity contribution is 7.89. The smallest absolute Gasteiger partial charge is 0.304 e. The zero-order valence-corrected chi connectivity index (χ0v) is 18.6. The lowest BCUT2D eigenvalue weighted by molar-refractivity contribution is -0.170. The molecule has 2 aliphatic rings. The van der Waals surface area contributed by atoms with E-state index in [0.29, 0.717) is 48.2 Å². The highest BCUT2D eigenvalue weighted by Crippen LogP contribution is 2.34. The highest BCUT2D eigenvalue weighted by atomic mass is 35.5. The zero-order chi connectivity index (χ0) is 23.1. The average molecular weight is 488 g/mol. The van der Waals surface area contributed by atoms with Crippen molar-refractivity contribution < 1.29 is 26.4 Å². The molecule has 0 radical (unpaired) electrons. The predicted octanol–water partition coefficient (Wildman–Crippen LogP) is 3.30. The molecule has 2 aliphatic heterocycles. The van der Waals surface area contributed by atoms with Crippen LogP contribution in [-0.2, 0) is 27.8 Å². The van der Waals surface area contributed by atoms with Crippen LogP contribution in [0.1, 0.15) is 11.1 Å². The number of carbonyl (C=O) groups excluding carboxylic acids is 1. The summed E-state index contributed by atoms with van der Waals surface area (Å²) in [6.45, 7) is 2.14. The zero-order valence-electron chi connectivity index (χ0n) is 17.0. The van der Waals surface area contributed by atoms with Gasteiger partial charge in [0.25, 0.3) is 0 Å². The van der Waals surface area contributed by atoms with E-state index in [0.717, 1.165) is 5.56 Å². The number of hydrogen-bond donors (Lipinski definition) is 0. The Morgan fingerprint density at radius 3 is 2.34 bits per heavy atom.